The number of halogens is 1. The molecule has 1 aromatic carbocycles. The van der Waals surface area contributed by atoms with E-state index in [0.717, 1.165) is 23.9 Å². The minimum atomic E-state index is -0.946. The molecule has 0 aromatic heterocycles. The zero-order chi connectivity index (χ0) is 12.3. The van der Waals surface area contributed by atoms with Gasteiger partial charge in [-0.1, -0.05) is 28.1 Å². The van der Waals surface area contributed by atoms with E-state index in [0.29, 0.717) is 0 Å². The van der Waals surface area contributed by atoms with Crippen molar-refractivity contribution in [1.82, 2.24) is 10.6 Å². The molecule has 2 atom stereocenters. The number of amides is 1. The summed E-state index contributed by atoms with van der Waals surface area (Å²) in [6, 6.07) is 8.29. The van der Waals surface area contributed by atoms with Gasteiger partial charge in [-0.2, -0.15) is 0 Å². The number of benzene rings is 1. The summed E-state index contributed by atoms with van der Waals surface area (Å²) in [4.78, 5) is 10.7. The van der Waals surface area contributed by atoms with Crippen molar-refractivity contribution in [3.63, 3.8) is 0 Å². The van der Waals surface area contributed by atoms with Gasteiger partial charge in [-0.15, -0.1) is 0 Å². The van der Waals surface area contributed by atoms with E-state index in [-0.39, 0.29) is 12.1 Å². The largest absolute Gasteiger partial charge is 0.465 e. The summed E-state index contributed by atoms with van der Waals surface area (Å²) in [6.07, 6.45) is 0.743. The van der Waals surface area contributed by atoms with Gasteiger partial charge in [0.25, 0.3) is 0 Å². The number of hydrogen-bond acceptors (Lipinski definition) is 2. The molecule has 0 saturated carbocycles. The first-order valence-electron chi connectivity index (χ1n) is 5.62. The quantitative estimate of drug-likeness (QED) is 0.800. The van der Waals surface area contributed by atoms with Crippen molar-refractivity contribution < 1.29 is 9.90 Å². The summed E-state index contributed by atoms with van der Waals surface area (Å²) >= 11 is 3.44. The Kier molecular flexibility index (Phi) is 4.02. The number of nitrogens with one attached hydrogen (secondary N) is 2. The summed E-state index contributed by atoms with van der Waals surface area (Å²) < 4.78 is 1.05. The van der Waals surface area contributed by atoms with Crippen LogP contribution in [0.25, 0.3) is 0 Å². The van der Waals surface area contributed by atoms with E-state index in [4.69, 9.17) is 5.11 Å². The van der Waals surface area contributed by atoms with Gasteiger partial charge in [0, 0.05) is 16.6 Å². The molecule has 5 heteroatoms. The Morgan fingerprint density at radius 3 is 3.12 bits per heavy atom. The third kappa shape index (κ3) is 3.44. The first-order chi connectivity index (χ1) is 8.15. The lowest BCUT2D eigenvalue weighted by atomic mass is 10.0. The molecule has 1 fully saturated rings. The second-order valence-electron chi connectivity index (χ2n) is 4.24. The molecule has 0 unspecified atom stereocenters. The Labute approximate surface area is 109 Å². The molecule has 1 saturated heterocycles. The first kappa shape index (κ1) is 12.4. The topological polar surface area (TPSA) is 61.4 Å². The van der Waals surface area contributed by atoms with E-state index in [2.05, 4.69) is 38.7 Å². The van der Waals surface area contributed by atoms with Gasteiger partial charge in [0.1, 0.15) is 0 Å². The van der Waals surface area contributed by atoms with E-state index >= 15 is 0 Å². The summed E-state index contributed by atoms with van der Waals surface area (Å²) in [5.74, 6) is 0. The average molecular weight is 299 g/mol. The molecule has 1 aliphatic heterocycles. The van der Waals surface area contributed by atoms with Gasteiger partial charge >= 0.3 is 6.09 Å². The van der Waals surface area contributed by atoms with E-state index in [1.165, 1.54) is 5.56 Å². The van der Waals surface area contributed by atoms with Crippen molar-refractivity contribution in [2.24, 2.45) is 0 Å². The van der Waals surface area contributed by atoms with Crippen LogP contribution in [-0.2, 0) is 6.42 Å². The van der Waals surface area contributed by atoms with E-state index in [1.807, 2.05) is 12.1 Å². The van der Waals surface area contributed by atoms with Crippen LogP contribution in [0, 0.1) is 0 Å². The number of carboxylic acid groups (broad SMARTS) is 1. The second-order valence-corrected chi connectivity index (χ2v) is 5.15. The Hall–Kier alpha value is -1.07. The van der Waals surface area contributed by atoms with Crippen LogP contribution >= 0.6 is 15.9 Å². The monoisotopic (exact) mass is 298 g/mol. The number of carbonyl (C=O) groups is 1. The summed E-state index contributed by atoms with van der Waals surface area (Å²) in [6.45, 7) is 0.865. The van der Waals surface area contributed by atoms with Crippen molar-refractivity contribution in [1.29, 1.82) is 0 Å². The first-order valence-corrected chi connectivity index (χ1v) is 6.42. The highest BCUT2D eigenvalue weighted by Crippen LogP contribution is 2.17. The third-order valence-electron chi connectivity index (χ3n) is 3.00. The fraction of sp³-hybridized carbons (Fsp3) is 0.417. The maximum Gasteiger partial charge on any atom is 0.404 e. The van der Waals surface area contributed by atoms with Crippen LogP contribution in [0.15, 0.2) is 28.7 Å². The molecule has 0 radical (unpaired) electrons. The molecule has 17 heavy (non-hydrogen) atoms. The number of rotatable bonds is 3. The summed E-state index contributed by atoms with van der Waals surface area (Å²) in [7, 11) is 0. The smallest absolute Gasteiger partial charge is 0.404 e. The molecule has 1 aromatic rings. The van der Waals surface area contributed by atoms with Gasteiger partial charge in [-0.3, -0.25) is 0 Å². The van der Waals surface area contributed by atoms with Gasteiger partial charge in [0.05, 0.1) is 0 Å². The van der Waals surface area contributed by atoms with Gasteiger partial charge in [0.2, 0.25) is 0 Å². The minimum absolute atomic E-state index is 0.00600. The Bertz CT molecular complexity index is 411. The van der Waals surface area contributed by atoms with Crippen molar-refractivity contribution in [2.75, 3.05) is 6.54 Å². The normalized spacial score (nSPS) is 23.6. The molecule has 0 aliphatic carbocycles. The zero-order valence-corrected chi connectivity index (χ0v) is 10.9. The highest BCUT2D eigenvalue weighted by Gasteiger charge is 2.27. The van der Waals surface area contributed by atoms with Crippen LogP contribution in [0.5, 0.6) is 0 Å². The summed E-state index contributed by atoms with van der Waals surface area (Å²) in [5.41, 5.74) is 1.20. The van der Waals surface area contributed by atoms with Crippen LogP contribution in [-0.4, -0.2) is 29.8 Å². The SMILES string of the molecule is O=C(O)N[C@H]1CCN[C@H]1Cc1cccc(Br)c1. The lowest BCUT2D eigenvalue weighted by Gasteiger charge is -2.19. The average Bonchev–Trinajstić information content (AvgIpc) is 2.65. The molecule has 1 heterocycles. The maximum absolute atomic E-state index is 10.7. The standard InChI is InChI=1S/C12H15BrN2O2/c13-9-3-1-2-8(6-9)7-11-10(4-5-14-11)15-12(16)17/h1-3,6,10-11,14-15H,4-5,7H2,(H,16,17)/t10-,11-/m0/s1. The molecular formula is C12H15BrN2O2. The number of hydrogen-bond donors (Lipinski definition) is 3. The Morgan fingerprint density at radius 1 is 1.59 bits per heavy atom. The Balaban J connectivity index is 2.00. The van der Waals surface area contributed by atoms with Gasteiger partial charge in [-0.25, -0.2) is 4.79 Å². The van der Waals surface area contributed by atoms with Crippen molar-refractivity contribution in [3.8, 4) is 0 Å². The van der Waals surface area contributed by atoms with Crippen LogP contribution in [0.4, 0.5) is 4.79 Å². The van der Waals surface area contributed by atoms with Gasteiger partial charge in [-0.05, 0) is 37.1 Å². The van der Waals surface area contributed by atoms with Gasteiger partial charge < -0.3 is 15.7 Å². The molecule has 3 N–H and O–H groups in total. The van der Waals surface area contributed by atoms with E-state index in [1.54, 1.807) is 0 Å². The Morgan fingerprint density at radius 2 is 2.41 bits per heavy atom. The molecular weight excluding hydrogens is 284 g/mol. The fourth-order valence-electron chi connectivity index (χ4n) is 2.23. The lowest BCUT2D eigenvalue weighted by Crippen LogP contribution is -2.44. The second kappa shape index (κ2) is 5.51. The molecule has 4 nitrogen and oxygen atoms in total. The third-order valence-corrected chi connectivity index (χ3v) is 3.49. The van der Waals surface area contributed by atoms with Crippen LogP contribution < -0.4 is 10.6 Å². The van der Waals surface area contributed by atoms with E-state index < -0.39 is 6.09 Å². The van der Waals surface area contributed by atoms with Crippen LogP contribution in [0.2, 0.25) is 0 Å². The highest BCUT2D eigenvalue weighted by molar-refractivity contribution is 9.10. The minimum Gasteiger partial charge on any atom is -0.465 e. The summed E-state index contributed by atoms with van der Waals surface area (Å²) in [5, 5.41) is 14.7. The molecule has 0 spiro atoms. The molecule has 2 rings (SSSR count). The predicted molar refractivity (Wildman–Crippen MR) is 69.2 cm³/mol. The molecule has 92 valence electrons. The van der Waals surface area contributed by atoms with E-state index in [9.17, 15) is 4.79 Å². The van der Waals surface area contributed by atoms with Gasteiger partial charge in [0.15, 0.2) is 0 Å². The highest BCUT2D eigenvalue weighted by atomic mass is 79.9. The van der Waals surface area contributed by atoms with Crippen LogP contribution in [0.3, 0.4) is 0 Å². The predicted octanol–water partition coefficient (Wildman–Crippen LogP) is 1.99. The lowest BCUT2D eigenvalue weighted by molar-refractivity contribution is 0.188. The fourth-order valence-corrected chi connectivity index (χ4v) is 2.68. The maximum atomic E-state index is 10.7. The molecule has 0 bridgehead atoms. The van der Waals surface area contributed by atoms with Crippen LogP contribution in [0.1, 0.15) is 12.0 Å². The molecule has 1 amide bonds. The van der Waals surface area contributed by atoms with Crippen molar-refractivity contribution >= 4 is 22.0 Å². The zero-order valence-electron chi connectivity index (χ0n) is 9.32. The molecule has 1 aliphatic rings. The van der Waals surface area contributed by atoms with Crippen molar-refractivity contribution in [3.05, 3.63) is 34.3 Å². The van der Waals surface area contributed by atoms with Crippen molar-refractivity contribution in [2.45, 2.75) is 24.9 Å².